The number of thioether (sulfide) groups is 1. The van der Waals surface area contributed by atoms with Crippen molar-refractivity contribution in [2.45, 2.75) is 24.9 Å². The lowest BCUT2D eigenvalue weighted by molar-refractivity contribution is 0.0995. The number of carbonyl (C=O) groups is 1. The highest BCUT2D eigenvalue weighted by atomic mass is 32.2. The van der Waals surface area contributed by atoms with Crippen LogP contribution in [-0.2, 0) is 6.42 Å². The lowest BCUT2D eigenvalue weighted by atomic mass is 10.1. The first-order valence-corrected chi connectivity index (χ1v) is 9.93. The molecule has 1 fully saturated rings. The second-order valence-corrected chi connectivity index (χ2v) is 7.93. The van der Waals surface area contributed by atoms with Gasteiger partial charge < -0.3 is 16.8 Å². The molecule has 0 spiro atoms. The van der Waals surface area contributed by atoms with Gasteiger partial charge in [-0.3, -0.25) is 4.79 Å². The molecule has 1 amide bonds. The van der Waals surface area contributed by atoms with Crippen LogP contribution in [0.25, 0.3) is 11.6 Å². The molecule has 6 nitrogen and oxygen atoms in total. The molecule has 140 valence electrons. The summed E-state index contributed by atoms with van der Waals surface area (Å²) in [5.41, 5.74) is 14.8. The number of nitrogens with one attached hydrogen (secondary N) is 1. The number of benzene rings is 1. The van der Waals surface area contributed by atoms with Crippen molar-refractivity contribution in [1.82, 2.24) is 9.97 Å². The van der Waals surface area contributed by atoms with Crippen molar-refractivity contribution < 1.29 is 9.18 Å². The van der Waals surface area contributed by atoms with Crippen molar-refractivity contribution in [3.63, 3.8) is 0 Å². The third kappa shape index (κ3) is 3.68. The van der Waals surface area contributed by atoms with Crippen LogP contribution in [0.1, 0.15) is 33.7 Å². The zero-order valence-corrected chi connectivity index (χ0v) is 15.4. The van der Waals surface area contributed by atoms with Crippen LogP contribution >= 0.6 is 11.8 Å². The molecule has 1 aromatic carbocycles. The van der Waals surface area contributed by atoms with E-state index in [4.69, 9.17) is 11.5 Å². The number of primary amides is 1. The number of nitrogens with two attached hydrogens (primary N) is 2. The minimum Gasteiger partial charge on any atom is -0.364 e. The van der Waals surface area contributed by atoms with E-state index in [2.05, 4.69) is 15.3 Å². The fraction of sp³-hybridized carbons (Fsp3) is 0.316. The standard InChI is InChI=1S/C19H20FN5OS/c20-13-2-1-10-5-12(6-11(10)7-13)17-18(19(22)26)23-8-16(25-17)24-15-9-27-4-3-14(15)21/h1-2,6-8,14-15H,3-5,9,21H2,(H2,22,26)(H,24,25)/t14-,15+/m0/s1. The zero-order valence-electron chi connectivity index (χ0n) is 14.6. The van der Waals surface area contributed by atoms with Gasteiger partial charge in [-0.2, -0.15) is 11.8 Å². The van der Waals surface area contributed by atoms with Crippen molar-refractivity contribution in [3.05, 3.63) is 52.7 Å². The largest absolute Gasteiger partial charge is 0.364 e. The molecule has 2 heterocycles. The molecule has 2 aromatic rings. The first kappa shape index (κ1) is 17.9. The van der Waals surface area contributed by atoms with Gasteiger partial charge in [0, 0.05) is 18.2 Å². The van der Waals surface area contributed by atoms with Gasteiger partial charge in [0.25, 0.3) is 5.91 Å². The Hall–Kier alpha value is -2.45. The van der Waals surface area contributed by atoms with E-state index < -0.39 is 5.91 Å². The molecule has 0 radical (unpaired) electrons. The van der Waals surface area contributed by atoms with Gasteiger partial charge in [0.05, 0.1) is 12.2 Å². The summed E-state index contributed by atoms with van der Waals surface area (Å²) < 4.78 is 13.5. The minimum absolute atomic E-state index is 0.0465. The number of anilines is 1. The molecule has 1 aliphatic carbocycles. The van der Waals surface area contributed by atoms with Crippen LogP contribution in [0.5, 0.6) is 0 Å². The van der Waals surface area contributed by atoms with Gasteiger partial charge in [-0.1, -0.05) is 6.07 Å². The van der Waals surface area contributed by atoms with Crippen LogP contribution in [0.4, 0.5) is 10.2 Å². The average molecular weight is 385 g/mol. The summed E-state index contributed by atoms with van der Waals surface area (Å²) >= 11 is 1.84. The van der Waals surface area contributed by atoms with Crippen LogP contribution in [0.3, 0.4) is 0 Å². The molecule has 0 bridgehead atoms. The van der Waals surface area contributed by atoms with Gasteiger partial charge in [-0.15, -0.1) is 0 Å². The Balaban J connectivity index is 1.67. The van der Waals surface area contributed by atoms with Crippen molar-refractivity contribution in [2.24, 2.45) is 11.5 Å². The lowest BCUT2D eigenvalue weighted by Gasteiger charge is -2.29. The third-order valence-corrected chi connectivity index (χ3v) is 5.99. The Morgan fingerprint density at radius 2 is 2.22 bits per heavy atom. The van der Waals surface area contributed by atoms with Crippen LogP contribution in [-0.4, -0.2) is 39.5 Å². The van der Waals surface area contributed by atoms with Crippen LogP contribution in [0.2, 0.25) is 0 Å². The Labute approximate surface area is 160 Å². The predicted molar refractivity (Wildman–Crippen MR) is 106 cm³/mol. The molecule has 5 N–H and O–H groups in total. The maximum Gasteiger partial charge on any atom is 0.269 e. The van der Waals surface area contributed by atoms with E-state index in [1.165, 1.54) is 18.3 Å². The number of rotatable bonds is 4. The highest BCUT2D eigenvalue weighted by molar-refractivity contribution is 7.99. The molecule has 27 heavy (non-hydrogen) atoms. The molecular weight excluding hydrogens is 365 g/mol. The van der Waals surface area contributed by atoms with Gasteiger partial charge in [0.2, 0.25) is 0 Å². The highest BCUT2D eigenvalue weighted by Gasteiger charge is 2.25. The van der Waals surface area contributed by atoms with Crippen molar-refractivity contribution in [1.29, 1.82) is 0 Å². The zero-order chi connectivity index (χ0) is 19.0. The first-order chi connectivity index (χ1) is 13.0. The maximum atomic E-state index is 13.5. The Morgan fingerprint density at radius 1 is 1.37 bits per heavy atom. The number of halogens is 1. The van der Waals surface area contributed by atoms with E-state index in [0.717, 1.165) is 34.6 Å². The molecule has 2 atom stereocenters. The minimum atomic E-state index is -0.642. The molecule has 4 rings (SSSR count). The SMILES string of the molecule is NC(=O)c1ncc(N[C@@H]2CSCC[C@@H]2N)nc1C1=Cc2cc(F)ccc2C1. The fourth-order valence-electron chi connectivity index (χ4n) is 3.41. The van der Waals surface area contributed by atoms with E-state index in [1.807, 2.05) is 17.8 Å². The predicted octanol–water partition coefficient (Wildman–Crippen LogP) is 2.06. The molecule has 8 heteroatoms. The van der Waals surface area contributed by atoms with Crippen molar-refractivity contribution >= 4 is 35.1 Å². The Kier molecular flexibility index (Phi) is 4.84. The average Bonchev–Trinajstić information content (AvgIpc) is 3.06. The second-order valence-electron chi connectivity index (χ2n) is 6.78. The van der Waals surface area contributed by atoms with E-state index >= 15 is 0 Å². The van der Waals surface area contributed by atoms with Crippen LogP contribution in [0.15, 0.2) is 24.4 Å². The summed E-state index contributed by atoms with van der Waals surface area (Å²) in [5, 5.41) is 3.33. The fourth-order valence-corrected chi connectivity index (χ4v) is 4.60. The summed E-state index contributed by atoms with van der Waals surface area (Å²) in [6.45, 7) is 0. The van der Waals surface area contributed by atoms with Gasteiger partial charge in [-0.05, 0) is 47.1 Å². The summed E-state index contributed by atoms with van der Waals surface area (Å²) in [5.74, 6) is 1.56. The lowest BCUT2D eigenvalue weighted by Crippen LogP contribution is -2.45. The Morgan fingerprint density at radius 3 is 3.00 bits per heavy atom. The number of hydrogen-bond acceptors (Lipinski definition) is 6. The van der Waals surface area contributed by atoms with E-state index in [9.17, 15) is 9.18 Å². The number of hydrogen-bond donors (Lipinski definition) is 3. The molecule has 1 aromatic heterocycles. The number of nitrogens with zero attached hydrogens (tertiary/aromatic N) is 2. The van der Waals surface area contributed by atoms with Crippen molar-refractivity contribution in [2.75, 3.05) is 16.8 Å². The van der Waals surface area contributed by atoms with Crippen LogP contribution in [0, 0.1) is 5.82 Å². The Bertz CT molecular complexity index is 932. The summed E-state index contributed by atoms with van der Waals surface area (Å²) in [4.78, 5) is 20.7. The molecular formula is C19H20FN5OS. The third-order valence-electron chi connectivity index (χ3n) is 4.87. The summed E-state index contributed by atoms with van der Waals surface area (Å²) in [6, 6.07) is 4.78. The van der Waals surface area contributed by atoms with Gasteiger partial charge >= 0.3 is 0 Å². The van der Waals surface area contributed by atoms with Gasteiger partial charge in [-0.25, -0.2) is 14.4 Å². The highest BCUT2D eigenvalue weighted by Crippen LogP contribution is 2.33. The van der Waals surface area contributed by atoms with Gasteiger partial charge in [0.1, 0.15) is 17.3 Å². The number of carbonyl (C=O) groups excluding carboxylic acids is 1. The summed E-state index contributed by atoms with van der Waals surface area (Å²) in [7, 11) is 0. The van der Waals surface area contributed by atoms with Gasteiger partial charge in [0.15, 0.2) is 5.69 Å². The second kappa shape index (κ2) is 7.28. The van der Waals surface area contributed by atoms with Crippen molar-refractivity contribution in [3.8, 4) is 0 Å². The van der Waals surface area contributed by atoms with E-state index in [1.54, 1.807) is 6.07 Å². The van der Waals surface area contributed by atoms with E-state index in [-0.39, 0.29) is 23.6 Å². The number of aromatic nitrogens is 2. The smallest absolute Gasteiger partial charge is 0.269 e. The molecule has 1 aliphatic heterocycles. The number of amides is 1. The summed E-state index contributed by atoms with van der Waals surface area (Å²) in [6.07, 6.45) is 4.83. The topological polar surface area (TPSA) is 107 Å². The first-order valence-electron chi connectivity index (χ1n) is 8.77. The normalized spacial score (nSPS) is 21.5. The quantitative estimate of drug-likeness (QED) is 0.744. The maximum absolute atomic E-state index is 13.5. The molecule has 1 saturated heterocycles. The van der Waals surface area contributed by atoms with E-state index in [0.29, 0.717) is 17.9 Å². The number of allylic oxidation sites excluding steroid dienone is 1. The monoisotopic (exact) mass is 385 g/mol. The molecule has 0 saturated carbocycles. The van der Waals surface area contributed by atoms with Crippen LogP contribution < -0.4 is 16.8 Å². The molecule has 0 unspecified atom stereocenters. The number of fused-ring (bicyclic) bond motifs is 1. The molecule has 2 aliphatic rings.